The summed E-state index contributed by atoms with van der Waals surface area (Å²) in [5.41, 5.74) is 0. The van der Waals surface area contributed by atoms with E-state index in [0.29, 0.717) is 19.3 Å². The highest BCUT2D eigenvalue weighted by Gasteiger charge is 2.44. The minimum Gasteiger partial charge on any atom is -0.394 e. The topological polar surface area (TPSA) is 189 Å². The van der Waals surface area contributed by atoms with E-state index < -0.39 is 74.2 Å². The Morgan fingerprint density at radius 2 is 0.682 bits per heavy atom. The Bertz CT molecular complexity index is 1390. The van der Waals surface area contributed by atoms with Gasteiger partial charge in [-0.15, -0.1) is 0 Å². The highest BCUT2D eigenvalue weighted by Crippen LogP contribution is 2.24. The van der Waals surface area contributed by atoms with E-state index in [9.17, 15) is 40.5 Å². The lowest BCUT2D eigenvalue weighted by Crippen LogP contribution is -2.60. The van der Waals surface area contributed by atoms with Gasteiger partial charge in [-0.05, 0) is 38.5 Å². The number of hydrogen-bond acceptors (Lipinski definition) is 10. The lowest BCUT2D eigenvalue weighted by Gasteiger charge is -2.40. The molecule has 1 rings (SSSR count). The number of carbonyl (C=O) groups excluding carboxylic acids is 1. The maximum Gasteiger partial charge on any atom is 0.249 e. The summed E-state index contributed by atoms with van der Waals surface area (Å²) < 4.78 is 11.2. The fraction of sp³-hybridized carbons (Fsp3) is 0.959. The molecular formula is C74H145NO10. The zero-order valence-corrected chi connectivity index (χ0v) is 56.1. The molecule has 8 N–H and O–H groups in total. The van der Waals surface area contributed by atoms with Crippen molar-refractivity contribution in [1.82, 2.24) is 5.32 Å². The zero-order valence-electron chi connectivity index (χ0n) is 56.1. The Balaban J connectivity index is 2.13. The number of aliphatic hydroxyl groups excluding tert-OH is 7. The molecule has 1 aliphatic rings. The minimum atomic E-state index is -1.66. The summed E-state index contributed by atoms with van der Waals surface area (Å²) in [6.07, 6.45) is 67.4. The third-order valence-corrected chi connectivity index (χ3v) is 18.6. The summed E-state index contributed by atoms with van der Waals surface area (Å²) in [5.74, 6) is -0.688. The molecule has 0 spiro atoms. The van der Waals surface area contributed by atoms with Crippen molar-refractivity contribution < 1.29 is 50.0 Å². The molecule has 0 aromatic carbocycles. The average Bonchev–Trinajstić information content (AvgIpc) is 3.71. The van der Waals surface area contributed by atoms with Crippen molar-refractivity contribution in [3.8, 4) is 0 Å². The largest absolute Gasteiger partial charge is 0.394 e. The zero-order chi connectivity index (χ0) is 61.7. The average molecular weight is 1210 g/mol. The van der Waals surface area contributed by atoms with E-state index in [-0.39, 0.29) is 6.42 Å². The summed E-state index contributed by atoms with van der Waals surface area (Å²) in [6.45, 7) is 3.53. The van der Waals surface area contributed by atoms with Crippen molar-refractivity contribution >= 4 is 5.91 Å². The highest BCUT2D eigenvalue weighted by molar-refractivity contribution is 5.80. The van der Waals surface area contributed by atoms with Crippen LogP contribution in [0.25, 0.3) is 0 Å². The van der Waals surface area contributed by atoms with Gasteiger partial charge >= 0.3 is 0 Å². The number of nitrogens with one attached hydrogen (secondary N) is 1. The maximum absolute atomic E-state index is 13.3. The number of ether oxygens (including phenoxy) is 2. The van der Waals surface area contributed by atoms with Gasteiger partial charge in [0.25, 0.3) is 0 Å². The minimum absolute atomic E-state index is 0.265. The maximum atomic E-state index is 13.3. The van der Waals surface area contributed by atoms with Crippen LogP contribution < -0.4 is 5.32 Å². The molecule has 11 heteroatoms. The van der Waals surface area contributed by atoms with E-state index in [1.807, 2.05) is 0 Å². The van der Waals surface area contributed by atoms with Crippen LogP contribution >= 0.6 is 0 Å². The second-order valence-electron chi connectivity index (χ2n) is 26.7. The number of allylic oxidation sites excluding steroid dienone is 2. The van der Waals surface area contributed by atoms with Crippen molar-refractivity contribution in [2.75, 3.05) is 13.2 Å². The van der Waals surface area contributed by atoms with E-state index in [1.165, 1.54) is 308 Å². The Morgan fingerprint density at radius 3 is 0.988 bits per heavy atom. The van der Waals surface area contributed by atoms with Gasteiger partial charge in [-0.2, -0.15) is 0 Å². The number of hydrogen-bond donors (Lipinski definition) is 8. The monoisotopic (exact) mass is 1210 g/mol. The first-order valence-electron chi connectivity index (χ1n) is 37.6. The Morgan fingerprint density at radius 1 is 0.400 bits per heavy atom. The molecule has 0 aromatic heterocycles. The molecule has 1 fully saturated rings. The van der Waals surface area contributed by atoms with Crippen LogP contribution in [0.5, 0.6) is 0 Å². The molecule has 1 saturated heterocycles. The summed E-state index contributed by atoms with van der Waals surface area (Å²) in [6, 6.07) is -1.17. The molecule has 0 saturated carbocycles. The van der Waals surface area contributed by atoms with Crippen LogP contribution in [-0.4, -0.2) is 110 Å². The van der Waals surface area contributed by atoms with Crippen molar-refractivity contribution in [2.24, 2.45) is 0 Å². The molecule has 1 heterocycles. The number of carbonyl (C=O) groups is 1. The smallest absolute Gasteiger partial charge is 0.249 e. The van der Waals surface area contributed by atoms with Crippen LogP contribution in [0, 0.1) is 0 Å². The molecular weight excluding hydrogens is 1060 g/mol. The predicted molar refractivity (Wildman–Crippen MR) is 358 cm³/mol. The second-order valence-corrected chi connectivity index (χ2v) is 26.7. The Kier molecular flexibility index (Phi) is 60.7. The lowest BCUT2D eigenvalue weighted by atomic mass is 9.98. The third kappa shape index (κ3) is 50.2. The lowest BCUT2D eigenvalue weighted by molar-refractivity contribution is -0.303. The van der Waals surface area contributed by atoms with Crippen molar-refractivity contribution in [3.05, 3.63) is 12.2 Å². The molecule has 0 bridgehead atoms. The summed E-state index contributed by atoms with van der Waals surface area (Å²) in [4.78, 5) is 13.3. The van der Waals surface area contributed by atoms with Crippen LogP contribution in [0.4, 0.5) is 0 Å². The summed E-state index contributed by atoms with van der Waals surface area (Å²) >= 11 is 0. The SMILES string of the molecule is CCCCCCCCCCCCCCCCCC/C=C\CCCCCCCCCCCCCCCCCCC(O)C(=O)NC(COC1OC(CO)C(O)C(O)C1O)C(O)C(O)CCCCCCCCCCCCCCCCCCCCCCCC. The van der Waals surface area contributed by atoms with Gasteiger partial charge < -0.3 is 50.5 Å². The molecule has 0 radical (unpaired) electrons. The Hall–Kier alpha value is -1.15. The van der Waals surface area contributed by atoms with Crippen LogP contribution in [0.1, 0.15) is 386 Å². The van der Waals surface area contributed by atoms with Crippen LogP contribution in [0.3, 0.4) is 0 Å². The van der Waals surface area contributed by atoms with Gasteiger partial charge in [0, 0.05) is 0 Å². The number of rotatable bonds is 67. The van der Waals surface area contributed by atoms with Crippen LogP contribution in [0.2, 0.25) is 0 Å². The summed E-state index contributed by atoms with van der Waals surface area (Å²) in [7, 11) is 0. The van der Waals surface area contributed by atoms with Gasteiger partial charge in [0.2, 0.25) is 5.91 Å². The molecule has 1 aliphatic heterocycles. The van der Waals surface area contributed by atoms with E-state index in [2.05, 4.69) is 31.3 Å². The van der Waals surface area contributed by atoms with Crippen LogP contribution in [-0.2, 0) is 14.3 Å². The number of unbranched alkanes of at least 4 members (excludes halogenated alkanes) is 53. The second kappa shape index (κ2) is 63.0. The van der Waals surface area contributed by atoms with E-state index in [0.717, 1.165) is 38.5 Å². The van der Waals surface area contributed by atoms with Crippen molar-refractivity contribution in [2.45, 2.75) is 441 Å². The number of amides is 1. The van der Waals surface area contributed by atoms with E-state index in [4.69, 9.17) is 9.47 Å². The van der Waals surface area contributed by atoms with Gasteiger partial charge in [-0.25, -0.2) is 0 Å². The first-order chi connectivity index (χ1) is 41.7. The first-order valence-corrected chi connectivity index (χ1v) is 37.6. The molecule has 9 atom stereocenters. The van der Waals surface area contributed by atoms with Gasteiger partial charge in [0.15, 0.2) is 6.29 Å². The number of aliphatic hydroxyl groups is 7. The van der Waals surface area contributed by atoms with Crippen molar-refractivity contribution in [1.29, 1.82) is 0 Å². The normalized spacial score (nSPS) is 18.8. The standard InChI is InChI=1S/C74H145NO10/c1-3-5-7-9-11-13-15-17-19-21-23-25-27-28-29-30-31-32-33-34-35-36-37-38-39-40-42-44-46-48-50-52-54-56-58-60-62-67(78)73(83)75-65(64-84-74-72(82)71(81)70(80)68(63-76)85-74)69(79)66(77)61-59-57-55-53-51-49-47-45-43-41-26-24-22-20-18-16-14-12-10-8-6-4-2/h32-33,65-72,74,76-82H,3-31,34-64H2,1-2H3,(H,75,83)/b33-32-. The third-order valence-electron chi connectivity index (χ3n) is 18.6. The van der Waals surface area contributed by atoms with Gasteiger partial charge in [-0.3, -0.25) is 4.79 Å². The fourth-order valence-corrected chi connectivity index (χ4v) is 12.6. The molecule has 0 aromatic rings. The molecule has 506 valence electrons. The van der Waals surface area contributed by atoms with E-state index >= 15 is 0 Å². The molecule has 11 nitrogen and oxygen atoms in total. The molecule has 9 unspecified atom stereocenters. The van der Waals surface area contributed by atoms with E-state index in [1.54, 1.807) is 0 Å². The summed E-state index contributed by atoms with van der Waals surface area (Å²) in [5, 5.41) is 76.6. The predicted octanol–water partition coefficient (Wildman–Crippen LogP) is 18.6. The van der Waals surface area contributed by atoms with Crippen molar-refractivity contribution in [3.63, 3.8) is 0 Å². The quantitative estimate of drug-likeness (QED) is 0.0215. The Labute approximate surface area is 525 Å². The van der Waals surface area contributed by atoms with Gasteiger partial charge in [0.1, 0.15) is 36.6 Å². The molecule has 85 heavy (non-hydrogen) atoms. The highest BCUT2D eigenvalue weighted by atomic mass is 16.7. The van der Waals surface area contributed by atoms with Gasteiger partial charge in [0.05, 0.1) is 25.4 Å². The van der Waals surface area contributed by atoms with Crippen LogP contribution in [0.15, 0.2) is 12.2 Å². The molecule has 0 aliphatic carbocycles. The molecule has 1 amide bonds. The fourth-order valence-electron chi connectivity index (χ4n) is 12.6. The first kappa shape index (κ1) is 81.9. The van der Waals surface area contributed by atoms with Gasteiger partial charge in [-0.1, -0.05) is 360 Å².